The Hall–Kier alpha value is -2.47. The van der Waals surface area contributed by atoms with E-state index in [9.17, 15) is 9.18 Å². The smallest absolute Gasteiger partial charge is 0.270 e. The zero-order chi connectivity index (χ0) is 16.4. The van der Waals surface area contributed by atoms with Crippen molar-refractivity contribution in [3.63, 3.8) is 0 Å². The second-order valence-corrected chi connectivity index (χ2v) is 6.36. The van der Waals surface area contributed by atoms with Crippen LogP contribution in [-0.2, 0) is 0 Å². The van der Waals surface area contributed by atoms with Crippen molar-refractivity contribution in [1.29, 1.82) is 0 Å². The molecule has 0 aliphatic rings. The Morgan fingerprint density at radius 2 is 2.00 bits per heavy atom. The molecule has 2 heterocycles. The van der Waals surface area contributed by atoms with Crippen LogP contribution in [0.15, 0.2) is 47.8 Å². The van der Waals surface area contributed by atoms with E-state index in [1.807, 2.05) is 31.4 Å². The van der Waals surface area contributed by atoms with Gasteiger partial charge in [-0.05, 0) is 55.6 Å². The molecule has 1 N–H and O–H groups in total. The number of nitrogens with zero attached hydrogens (tertiary/aromatic N) is 2. The van der Waals surface area contributed by atoms with E-state index in [1.165, 1.54) is 12.1 Å². The molecule has 0 unspecified atom stereocenters. The fourth-order valence-corrected chi connectivity index (χ4v) is 2.88. The van der Waals surface area contributed by atoms with Crippen LogP contribution in [0.2, 0.25) is 0 Å². The highest BCUT2D eigenvalue weighted by Crippen LogP contribution is 2.26. The fourth-order valence-electron chi connectivity index (χ4n) is 2.20. The Morgan fingerprint density at radius 3 is 2.61 bits per heavy atom. The molecule has 0 aliphatic heterocycles. The molecule has 2 aromatic heterocycles. The van der Waals surface area contributed by atoms with Crippen LogP contribution in [0.3, 0.4) is 0 Å². The molecule has 0 radical (unpaired) electrons. The van der Waals surface area contributed by atoms with Crippen molar-refractivity contribution < 1.29 is 9.18 Å². The molecule has 0 aliphatic carbocycles. The minimum atomic E-state index is -0.326. The molecule has 0 fully saturated rings. The molecule has 118 valence electrons. The summed E-state index contributed by atoms with van der Waals surface area (Å²) in [5.74, 6) is -0.535. The van der Waals surface area contributed by atoms with Crippen molar-refractivity contribution in [2.24, 2.45) is 0 Å². The van der Waals surface area contributed by atoms with Gasteiger partial charge in [-0.1, -0.05) is 6.07 Å². The van der Waals surface area contributed by atoms with Crippen molar-refractivity contribution in [3.8, 4) is 16.3 Å². The van der Waals surface area contributed by atoms with E-state index in [1.54, 1.807) is 34.2 Å². The SMILES string of the molecule is CC(C)NC(=O)c1cc(-c2cccs2)nn1-c1ccc(F)cc1. The lowest BCUT2D eigenvalue weighted by atomic mass is 10.2. The number of carbonyl (C=O) groups excluding carboxylic acids is 1. The van der Waals surface area contributed by atoms with E-state index < -0.39 is 0 Å². The summed E-state index contributed by atoms with van der Waals surface area (Å²) >= 11 is 1.55. The predicted octanol–water partition coefficient (Wildman–Crippen LogP) is 3.88. The van der Waals surface area contributed by atoms with E-state index in [-0.39, 0.29) is 17.8 Å². The number of rotatable bonds is 4. The van der Waals surface area contributed by atoms with Crippen LogP contribution >= 0.6 is 11.3 Å². The highest BCUT2D eigenvalue weighted by Gasteiger charge is 2.18. The lowest BCUT2D eigenvalue weighted by Gasteiger charge is -2.10. The second-order valence-electron chi connectivity index (χ2n) is 5.41. The highest BCUT2D eigenvalue weighted by atomic mass is 32.1. The standard InChI is InChI=1S/C17H16FN3OS/c1-11(2)19-17(22)15-10-14(16-4-3-9-23-16)20-21(15)13-7-5-12(18)6-8-13/h3-11H,1-2H3,(H,19,22). The molecule has 1 amide bonds. The number of hydrogen-bond donors (Lipinski definition) is 1. The molecule has 0 saturated heterocycles. The molecule has 0 atom stereocenters. The number of halogens is 1. The number of carbonyl (C=O) groups is 1. The van der Waals surface area contributed by atoms with Crippen LogP contribution in [0, 0.1) is 5.82 Å². The number of nitrogens with one attached hydrogen (secondary N) is 1. The Labute approximate surface area is 137 Å². The van der Waals surface area contributed by atoms with Gasteiger partial charge in [0.25, 0.3) is 5.91 Å². The molecule has 0 saturated carbocycles. The van der Waals surface area contributed by atoms with Gasteiger partial charge in [0.2, 0.25) is 0 Å². The highest BCUT2D eigenvalue weighted by molar-refractivity contribution is 7.13. The number of aromatic nitrogens is 2. The summed E-state index contributed by atoms with van der Waals surface area (Å²) in [6.45, 7) is 3.80. The lowest BCUT2D eigenvalue weighted by molar-refractivity contribution is 0.0935. The maximum atomic E-state index is 13.2. The van der Waals surface area contributed by atoms with Crippen LogP contribution in [-0.4, -0.2) is 21.7 Å². The van der Waals surface area contributed by atoms with Gasteiger partial charge in [-0.15, -0.1) is 11.3 Å². The molecule has 4 nitrogen and oxygen atoms in total. The van der Waals surface area contributed by atoms with Crippen LogP contribution < -0.4 is 5.32 Å². The number of hydrogen-bond acceptors (Lipinski definition) is 3. The number of amides is 1. The third kappa shape index (κ3) is 3.32. The number of thiophene rings is 1. The largest absolute Gasteiger partial charge is 0.349 e. The van der Waals surface area contributed by atoms with Crippen molar-refractivity contribution in [1.82, 2.24) is 15.1 Å². The van der Waals surface area contributed by atoms with Crippen molar-refractivity contribution in [2.75, 3.05) is 0 Å². The zero-order valence-corrected chi connectivity index (χ0v) is 13.6. The van der Waals surface area contributed by atoms with Gasteiger partial charge in [0.05, 0.1) is 10.6 Å². The van der Waals surface area contributed by atoms with Gasteiger partial charge >= 0.3 is 0 Å². The van der Waals surface area contributed by atoms with Crippen LogP contribution in [0.1, 0.15) is 24.3 Å². The van der Waals surface area contributed by atoms with Crippen LogP contribution in [0.4, 0.5) is 4.39 Å². The van der Waals surface area contributed by atoms with E-state index in [2.05, 4.69) is 10.4 Å². The first kappa shape index (κ1) is 15.4. The molecule has 1 aromatic carbocycles. The maximum Gasteiger partial charge on any atom is 0.270 e. The third-order valence-electron chi connectivity index (χ3n) is 3.21. The Bertz CT molecular complexity index is 807. The summed E-state index contributed by atoms with van der Waals surface area (Å²) in [5.41, 5.74) is 1.79. The summed E-state index contributed by atoms with van der Waals surface area (Å²) in [6.07, 6.45) is 0. The van der Waals surface area contributed by atoms with Crippen LogP contribution in [0.25, 0.3) is 16.3 Å². The Kier molecular flexibility index (Phi) is 4.25. The van der Waals surface area contributed by atoms with E-state index in [0.717, 1.165) is 10.6 Å². The van der Waals surface area contributed by atoms with Gasteiger partial charge < -0.3 is 5.32 Å². The zero-order valence-electron chi connectivity index (χ0n) is 12.8. The van der Waals surface area contributed by atoms with Crippen molar-refractivity contribution in [3.05, 3.63) is 59.4 Å². The normalized spacial score (nSPS) is 11.0. The van der Waals surface area contributed by atoms with E-state index >= 15 is 0 Å². The first-order valence-electron chi connectivity index (χ1n) is 7.25. The summed E-state index contributed by atoms with van der Waals surface area (Å²) < 4.78 is 14.7. The van der Waals surface area contributed by atoms with Crippen LogP contribution in [0.5, 0.6) is 0 Å². The molecular formula is C17H16FN3OS. The monoisotopic (exact) mass is 329 g/mol. The summed E-state index contributed by atoms with van der Waals surface area (Å²) in [7, 11) is 0. The quantitative estimate of drug-likeness (QED) is 0.789. The summed E-state index contributed by atoms with van der Waals surface area (Å²) in [5, 5.41) is 9.35. The predicted molar refractivity (Wildman–Crippen MR) is 89.4 cm³/mol. The van der Waals surface area contributed by atoms with Gasteiger partial charge in [-0.25, -0.2) is 9.07 Å². The average molecular weight is 329 g/mol. The molecular weight excluding hydrogens is 313 g/mol. The molecule has 0 bridgehead atoms. The molecule has 0 spiro atoms. The summed E-state index contributed by atoms with van der Waals surface area (Å²) in [4.78, 5) is 13.4. The van der Waals surface area contributed by atoms with Gasteiger partial charge in [-0.3, -0.25) is 4.79 Å². The lowest BCUT2D eigenvalue weighted by Crippen LogP contribution is -2.31. The fraction of sp³-hybridized carbons (Fsp3) is 0.176. The second kappa shape index (κ2) is 6.34. The Balaban J connectivity index is 2.08. The van der Waals surface area contributed by atoms with E-state index in [0.29, 0.717) is 11.4 Å². The third-order valence-corrected chi connectivity index (χ3v) is 4.10. The van der Waals surface area contributed by atoms with Gasteiger partial charge in [0.15, 0.2) is 0 Å². The molecule has 3 aromatic rings. The van der Waals surface area contributed by atoms with Crippen molar-refractivity contribution >= 4 is 17.2 Å². The van der Waals surface area contributed by atoms with Gasteiger partial charge in [0.1, 0.15) is 17.2 Å². The maximum absolute atomic E-state index is 13.2. The molecule has 23 heavy (non-hydrogen) atoms. The summed E-state index contributed by atoms with van der Waals surface area (Å²) in [6, 6.07) is 11.6. The Morgan fingerprint density at radius 1 is 1.26 bits per heavy atom. The molecule has 6 heteroatoms. The topological polar surface area (TPSA) is 46.9 Å². The first-order valence-corrected chi connectivity index (χ1v) is 8.13. The molecule has 3 rings (SSSR count). The average Bonchev–Trinajstić information content (AvgIpc) is 3.16. The van der Waals surface area contributed by atoms with Gasteiger partial charge in [-0.2, -0.15) is 5.10 Å². The van der Waals surface area contributed by atoms with Crippen molar-refractivity contribution in [2.45, 2.75) is 19.9 Å². The van der Waals surface area contributed by atoms with E-state index in [4.69, 9.17) is 0 Å². The van der Waals surface area contributed by atoms with Gasteiger partial charge in [0, 0.05) is 6.04 Å². The minimum absolute atomic E-state index is 0.0178. The first-order chi connectivity index (χ1) is 11.0. The number of benzene rings is 1. The minimum Gasteiger partial charge on any atom is -0.349 e.